The van der Waals surface area contributed by atoms with Gasteiger partial charge in [-0.25, -0.2) is 4.79 Å². The van der Waals surface area contributed by atoms with Gasteiger partial charge in [-0.15, -0.1) is 11.3 Å². The van der Waals surface area contributed by atoms with Crippen LogP contribution in [0.4, 0.5) is 10.7 Å². The molecule has 30 heavy (non-hydrogen) atoms. The van der Waals surface area contributed by atoms with Crippen LogP contribution in [0.15, 0.2) is 47.8 Å². The molecular formula is C24H26N2O3S. The van der Waals surface area contributed by atoms with Gasteiger partial charge in [0.2, 0.25) is 5.91 Å². The molecule has 0 aliphatic carbocycles. The third-order valence-corrected chi connectivity index (χ3v) is 5.60. The first-order chi connectivity index (χ1) is 14.4. The van der Waals surface area contributed by atoms with Gasteiger partial charge < -0.3 is 15.4 Å². The minimum absolute atomic E-state index is 0.101. The van der Waals surface area contributed by atoms with Crippen molar-refractivity contribution in [3.8, 4) is 11.1 Å². The van der Waals surface area contributed by atoms with Gasteiger partial charge in [0.15, 0.2) is 0 Å². The lowest BCUT2D eigenvalue weighted by Crippen LogP contribution is -2.22. The van der Waals surface area contributed by atoms with Crippen molar-refractivity contribution in [1.82, 2.24) is 0 Å². The van der Waals surface area contributed by atoms with Crippen molar-refractivity contribution in [2.75, 3.05) is 23.8 Å². The second-order valence-electron chi connectivity index (χ2n) is 7.16. The number of rotatable bonds is 7. The van der Waals surface area contributed by atoms with Crippen molar-refractivity contribution in [3.63, 3.8) is 0 Å². The van der Waals surface area contributed by atoms with Gasteiger partial charge >= 0.3 is 5.97 Å². The van der Waals surface area contributed by atoms with E-state index in [1.54, 1.807) is 6.92 Å². The molecular weight excluding hydrogens is 396 g/mol. The molecule has 0 aliphatic rings. The third kappa shape index (κ3) is 5.07. The van der Waals surface area contributed by atoms with Gasteiger partial charge in [0, 0.05) is 16.6 Å². The Morgan fingerprint density at radius 2 is 1.70 bits per heavy atom. The second-order valence-corrected chi connectivity index (χ2v) is 8.04. The van der Waals surface area contributed by atoms with Crippen LogP contribution in [-0.2, 0) is 9.53 Å². The molecule has 0 spiro atoms. The number of hydrogen-bond donors (Lipinski definition) is 2. The minimum atomic E-state index is -0.438. The quantitative estimate of drug-likeness (QED) is 0.489. The Hall–Kier alpha value is -3.12. The van der Waals surface area contributed by atoms with Gasteiger partial charge in [-0.05, 0) is 44.9 Å². The summed E-state index contributed by atoms with van der Waals surface area (Å²) in [6, 6.07) is 13.9. The normalized spacial score (nSPS) is 10.5. The lowest BCUT2D eigenvalue weighted by Gasteiger charge is -2.11. The van der Waals surface area contributed by atoms with E-state index >= 15 is 0 Å². The number of ether oxygens (including phenoxy) is 1. The highest BCUT2D eigenvalue weighted by molar-refractivity contribution is 7.15. The fraction of sp³-hybridized carbons (Fsp3) is 0.250. The molecule has 0 radical (unpaired) electrons. The standard InChI is InChI=1S/C24H26N2O3S/c1-5-29-24(28)22-19(18-9-6-15(2)7-10-18)14-30-23(22)26-21(27)13-25-20-11-8-16(3)12-17(20)4/h6-12,14,25H,5,13H2,1-4H3,(H,26,27). The van der Waals surface area contributed by atoms with Crippen molar-refractivity contribution in [3.05, 3.63) is 70.1 Å². The maximum absolute atomic E-state index is 12.6. The van der Waals surface area contributed by atoms with Crippen LogP contribution in [0.5, 0.6) is 0 Å². The van der Waals surface area contributed by atoms with E-state index < -0.39 is 5.97 Å². The largest absolute Gasteiger partial charge is 0.462 e. The first kappa shape index (κ1) is 21.6. The number of anilines is 2. The number of thiophene rings is 1. The number of hydrogen-bond acceptors (Lipinski definition) is 5. The molecule has 6 heteroatoms. The number of esters is 1. The molecule has 3 rings (SSSR count). The smallest absolute Gasteiger partial charge is 0.341 e. The maximum Gasteiger partial charge on any atom is 0.341 e. The first-order valence-corrected chi connectivity index (χ1v) is 10.7. The van der Waals surface area contributed by atoms with Crippen LogP contribution in [0.2, 0.25) is 0 Å². The highest BCUT2D eigenvalue weighted by Crippen LogP contribution is 2.36. The zero-order valence-electron chi connectivity index (χ0n) is 17.7. The molecule has 0 atom stereocenters. The maximum atomic E-state index is 12.6. The van der Waals surface area contributed by atoms with Crippen molar-refractivity contribution in [2.24, 2.45) is 0 Å². The van der Waals surface area contributed by atoms with Crippen molar-refractivity contribution < 1.29 is 14.3 Å². The Morgan fingerprint density at radius 1 is 1.00 bits per heavy atom. The number of carbonyl (C=O) groups is 2. The highest BCUT2D eigenvalue weighted by Gasteiger charge is 2.22. The van der Waals surface area contributed by atoms with Gasteiger partial charge in [0.25, 0.3) is 0 Å². The Morgan fingerprint density at radius 3 is 2.37 bits per heavy atom. The lowest BCUT2D eigenvalue weighted by molar-refractivity contribution is -0.114. The van der Waals surface area contributed by atoms with Gasteiger partial charge in [-0.2, -0.15) is 0 Å². The Bertz CT molecular complexity index is 1050. The zero-order valence-corrected chi connectivity index (χ0v) is 18.5. The van der Waals surface area contributed by atoms with E-state index in [2.05, 4.69) is 16.7 Å². The average Bonchev–Trinajstić information content (AvgIpc) is 3.11. The predicted octanol–water partition coefficient (Wildman–Crippen LogP) is 5.57. The fourth-order valence-electron chi connectivity index (χ4n) is 3.16. The van der Waals surface area contributed by atoms with E-state index in [4.69, 9.17) is 4.74 Å². The van der Waals surface area contributed by atoms with Crippen LogP contribution in [0.3, 0.4) is 0 Å². The number of nitrogens with one attached hydrogen (secondary N) is 2. The van der Waals surface area contributed by atoms with Crippen LogP contribution in [-0.4, -0.2) is 25.0 Å². The monoisotopic (exact) mass is 422 g/mol. The van der Waals surface area contributed by atoms with Gasteiger partial charge in [-0.1, -0.05) is 47.5 Å². The fourth-order valence-corrected chi connectivity index (χ4v) is 4.13. The number of benzene rings is 2. The summed E-state index contributed by atoms with van der Waals surface area (Å²) < 4.78 is 5.25. The summed E-state index contributed by atoms with van der Waals surface area (Å²) in [4.78, 5) is 25.2. The van der Waals surface area contributed by atoms with Crippen LogP contribution < -0.4 is 10.6 Å². The molecule has 2 aromatic carbocycles. The topological polar surface area (TPSA) is 67.4 Å². The van der Waals surface area contributed by atoms with Crippen LogP contribution >= 0.6 is 11.3 Å². The molecule has 0 aliphatic heterocycles. The van der Waals surface area contributed by atoms with E-state index in [1.807, 2.05) is 62.5 Å². The Labute approximate surface area is 181 Å². The molecule has 0 fully saturated rings. The second kappa shape index (κ2) is 9.59. The van der Waals surface area contributed by atoms with Crippen molar-refractivity contribution in [1.29, 1.82) is 0 Å². The molecule has 0 unspecified atom stereocenters. The van der Waals surface area contributed by atoms with Crippen LogP contribution in [0.25, 0.3) is 11.1 Å². The molecule has 0 bridgehead atoms. The van der Waals surface area contributed by atoms with Crippen LogP contribution in [0.1, 0.15) is 34.0 Å². The summed E-state index contributed by atoms with van der Waals surface area (Å²) in [6.07, 6.45) is 0. The molecule has 1 heterocycles. The van der Waals surface area contributed by atoms with E-state index in [0.29, 0.717) is 10.6 Å². The first-order valence-electron chi connectivity index (χ1n) is 9.85. The molecule has 2 N–H and O–H groups in total. The molecule has 156 valence electrons. The van der Waals surface area contributed by atoms with E-state index in [-0.39, 0.29) is 19.1 Å². The molecule has 1 amide bonds. The Balaban J connectivity index is 1.79. The summed E-state index contributed by atoms with van der Waals surface area (Å²) in [6.45, 7) is 8.18. The molecule has 3 aromatic rings. The Kier molecular flexibility index (Phi) is 6.90. The lowest BCUT2D eigenvalue weighted by atomic mass is 10.0. The van der Waals surface area contributed by atoms with E-state index in [1.165, 1.54) is 16.9 Å². The summed E-state index contributed by atoms with van der Waals surface area (Å²) >= 11 is 1.32. The van der Waals surface area contributed by atoms with E-state index in [0.717, 1.165) is 27.9 Å². The summed E-state index contributed by atoms with van der Waals surface area (Å²) in [5.41, 5.74) is 6.36. The van der Waals surface area contributed by atoms with Gasteiger partial charge in [0.05, 0.1) is 13.2 Å². The zero-order chi connectivity index (χ0) is 21.7. The summed E-state index contributed by atoms with van der Waals surface area (Å²) in [7, 11) is 0. The molecule has 0 saturated heterocycles. The minimum Gasteiger partial charge on any atom is -0.462 e. The number of aryl methyl sites for hydroxylation is 3. The van der Waals surface area contributed by atoms with Crippen molar-refractivity contribution >= 4 is 33.9 Å². The van der Waals surface area contributed by atoms with Crippen LogP contribution in [0, 0.1) is 20.8 Å². The highest BCUT2D eigenvalue weighted by atomic mass is 32.1. The SMILES string of the molecule is CCOC(=O)c1c(-c2ccc(C)cc2)csc1NC(=O)CNc1ccc(C)cc1C. The third-order valence-electron chi connectivity index (χ3n) is 4.71. The van der Waals surface area contributed by atoms with E-state index in [9.17, 15) is 9.59 Å². The molecule has 0 saturated carbocycles. The van der Waals surface area contributed by atoms with Crippen molar-refractivity contribution in [2.45, 2.75) is 27.7 Å². The van der Waals surface area contributed by atoms with Gasteiger partial charge in [0.1, 0.15) is 10.6 Å². The number of amides is 1. The predicted molar refractivity (Wildman–Crippen MR) is 123 cm³/mol. The van der Waals surface area contributed by atoms with Gasteiger partial charge in [-0.3, -0.25) is 4.79 Å². The summed E-state index contributed by atoms with van der Waals surface area (Å²) in [5, 5.41) is 8.40. The number of carbonyl (C=O) groups excluding carboxylic acids is 2. The average molecular weight is 423 g/mol. The molecule has 5 nitrogen and oxygen atoms in total. The molecule has 1 aromatic heterocycles. The summed E-state index contributed by atoms with van der Waals surface area (Å²) in [5.74, 6) is -0.662.